The molecule has 17 heavy (non-hydrogen) atoms. The Balaban J connectivity index is 2.10. The molecular formula is C14H23N3. The molecule has 3 atom stereocenters. The number of hydrogen-bond acceptors (Lipinski definition) is 3. The van der Waals surface area contributed by atoms with Gasteiger partial charge in [-0.25, -0.2) is 4.98 Å². The fraction of sp³-hybridized carbons (Fsp3) is 0.643. The van der Waals surface area contributed by atoms with Crippen LogP contribution < -0.4 is 10.6 Å². The number of hydrogen-bond donors (Lipinski definition) is 1. The molecule has 3 unspecified atom stereocenters. The number of anilines is 1. The topological polar surface area (TPSA) is 42.1 Å². The van der Waals surface area contributed by atoms with Crippen LogP contribution in [0.5, 0.6) is 0 Å². The van der Waals surface area contributed by atoms with E-state index in [0.29, 0.717) is 18.0 Å². The van der Waals surface area contributed by atoms with Crippen molar-refractivity contribution in [1.82, 2.24) is 4.98 Å². The molecule has 0 aromatic carbocycles. The van der Waals surface area contributed by atoms with Gasteiger partial charge in [-0.05, 0) is 44.2 Å². The number of rotatable bonds is 3. The summed E-state index contributed by atoms with van der Waals surface area (Å²) in [5.74, 6) is 1.78. The van der Waals surface area contributed by atoms with Crippen LogP contribution >= 0.6 is 0 Å². The van der Waals surface area contributed by atoms with E-state index in [-0.39, 0.29) is 0 Å². The average Bonchev–Trinajstić information content (AvgIpc) is 2.39. The Morgan fingerprint density at radius 1 is 1.53 bits per heavy atom. The minimum absolute atomic E-state index is 0.315. The van der Waals surface area contributed by atoms with Crippen molar-refractivity contribution in [2.75, 3.05) is 11.4 Å². The summed E-state index contributed by atoms with van der Waals surface area (Å²) in [6.45, 7) is 5.47. The maximum Gasteiger partial charge on any atom is 0.128 e. The van der Waals surface area contributed by atoms with Gasteiger partial charge in [0.05, 0.1) is 0 Å². The predicted molar refractivity (Wildman–Crippen MR) is 72.0 cm³/mol. The molecule has 1 fully saturated rings. The summed E-state index contributed by atoms with van der Waals surface area (Å²) < 4.78 is 0. The summed E-state index contributed by atoms with van der Waals surface area (Å²) >= 11 is 0. The van der Waals surface area contributed by atoms with Gasteiger partial charge in [-0.1, -0.05) is 13.0 Å². The summed E-state index contributed by atoms with van der Waals surface area (Å²) in [7, 11) is 0. The first kappa shape index (κ1) is 12.4. The molecule has 0 spiro atoms. The molecule has 0 amide bonds. The second kappa shape index (κ2) is 5.50. The summed E-state index contributed by atoms with van der Waals surface area (Å²) in [4.78, 5) is 6.91. The summed E-state index contributed by atoms with van der Waals surface area (Å²) in [6.07, 6.45) is 5.43. The lowest BCUT2D eigenvalue weighted by Gasteiger charge is -2.41. The number of aromatic nitrogens is 1. The highest BCUT2D eigenvalue weighted by atomic mass is 15.2. The van der Waals surface area contributed by atoms with Crippen LogP contribution in [0.25, 0.3) is 0 Å². The van der Waals surface area contributed by atoms with Crippen LogP contribution in [0.2, 0.25) is 0 Å². The van der Waals surface area contributed by atoms with Crippen LogP contribution in [0.1, 0.15) is 33.1 Å². The molecule has 0 saturated carbocycles. The van der Waals surface area contributed by atoms with E-state index in [1.807, 2.05) is 12.3 Å². The Kier molecular flexibility index (Phi) is 4.00. The largest absolute Gasteiger partial charge is 0.354 e. The molecule has 2 N–H and O–H groups in total. The molecule has 2 rings (SSSR count). The summed E-state index contributed by atoms with van der Waals surface area (Å²) in [5, 5.41) is 0. The van der Waals surface area contributed by atoms with Gasteiger partial charge in [0.1, 0.15) is 5.82 Å². The molecule has 1 aliphatic rings. The van der Waals surface area contributed by atoms with Gasteiger partial charge in [-0.15, -0.1) is 0 Å². The Morgan fingerprint density at radius 2 is 2.35 bits per heavy atom. The number of piperidine rings is 1. The van der Waals surface area contributed by atoms with Crippen molar-refractivity contribution in [3.8, 4) is 0 Å². The minimum Gasteiger partial charge on any atom is -0.354 e. The molecule has 94 valence electrons. The van der Waals surface area contributed by atoms with Crippen molar-refractivity contribution >= 4 is 5.82 Å². The lowest BCUT2D eigenvalue weighted by molar-refractivity contribution is 0.298. The summed E-state index contributed by atoms with van der Waals surface area (Å²) in [5.41, 5.74) is 6.03. The van der Waals surface area contributed by atoms with Crippen LogP contribution in [0.4, 0.5) is 5.82 Å². The third-order valence-electron chi connectivity index (χ3n) is 3.91. The van der Waals surface area contributed by atoms with Crippen LogP contribution in [-0.2, 0) is 0 Å². The first-order chi connectivity index (χ1) is 8.22. The molecular weight excluding hydrogens is 210 g/mol. The van der Waals surface area contributed by atoms with Crippen molar-refractivity contribution in [2.45, 2.75) is 45.2 Å². The molecule has 0 bridgehead atoms. The third-order valence-corrected chi connectivity index (χ3v) is 3.91. The smallest absolute Gasteiger partial charge is 0.128 e. The standard InChI is InChI=1S/C14H23N3/c1-3-13-10-12(11(2)15)7-9-17(13)14-6-4-5-8-16-14/h4-6,8,11-13H,3,7,9-10,15H2,1-2H3. The van der Waals surface area contributed by atoms with Crippen LogP contribution in [0.15, 0.2) is 24.4 Å². The molecule has 0 aliphatic carbocycles. The van der Waals surface area contributed by atoms with Gasteiger partial charge in [0.15, 0.2) is 0 Å². The van der Waals surface area contributed by atoms with Crippen molar-refractivity contribution < 1.29 is 0 Å². The van der Waals surface area contributed by atoms with Crippen molar-refractivity contribution in [3.05, 3.63) is 24.4 Å². The van der Waals surface area contributed by atoms with E-state index in [9.17, 15) is 0 Å². The fourth-order valence-corrected chi connectivity index (χ4v) is 2.77. The van der Waals surface area contributed by atoms with E-state index >= 15 is 0 Å². The molecule has 3 heteroatoms. The zero-order valence-corrected chi connectivity index (χ0v) is 10.8. The second-order valence-corrected chi connectivity index (χ2v) is 5.09. The normalized spacial score (nSPS) is 26.9. The molecule has 1 aromatic heterocycles. The van der Waals surface area contributed by atoms with Crippen LogP contribution in [-0.4, -0.2) is 23.6 Å². The predicted octanol–water partition coefficient (Wildman–Crippen LogP) is 2.42. The number of nitrogens with two attached hydrogens (primary N) is 1. The third kappa shape index (κ3) is 2.78. The van der Waals surface area contributed by atoms with Crippen molar-refractivity contribution in [3.63, 3.8) is 0 Å². The molecule has 2 heterocycles. The first-order valence-corrected chi connectivity index (χ1v) is 6.65. The highest BCUT2D eigenvalue weighted by Gasteiger charge is 2.29. The van der Waals surface area contributed by atoms with E-state index in [4.69, 9.17) is 5.73 Å². The van der Waals surface area contributed by atoms with E-state index < -0.39 is 0 Å². The van der Waals surface area contributed by atoms with Gasteiger partial charge in [-0.2, -0.15) is 0 Å². The van der Waals surface area contributed by atoms with Gasteiger partial charge < -0.3 is 10.6 Å². The summed E-state index contributed by atoms with van der Waals surface area (Å²) in [6, 6.07) is 7.05. The average molecular weight is 233 g/mol. The quantitative estimate of drug-likeness (QED) is 0.872. The highest BCUT2D eigenvalue weighted by Crippen LogP contribution is 2.29. The Labute approximate surface area is 104 Å². The van der Waals surface area contributed by atoms with Crippen LogP contribution in [0.3, 0.4) is 0 Å². The van der Waals surface area contributed by atoms with Gasteiger partial charge in [0, 0.05) is 24.8 Å². The zero-order chi connectivity index (χ0) is 12.3. The van der Waals surface area contributed by atoms with Crippen LogP contribution in [0, 0.1) is 5.92 Å². The van der Waals surface area contributed by atoms with Gasteiger partial charge in [0.25, 0.3) is 0 Å². The Morgan fingerprint density at radius 3 is 2.94 bits per heavy atom. The minimum atomic E-state index is 0.315. The molecule has 3 nitrogen and oxygen atoms in total. The van der Waals surface area contributed by atoms with E-state index in [2.05, 4.69) is 35.9 Å². The van der Waals surface area contributed by atoms with E-state index in [1.165, 1.54) is 19.3 Å². The molecule has 1 aromatic rings. The van der Waals surface area contributed by atoms with Gasteiger partial charge in [0.2, 0.25) is 0 Å². The molecule has 1 saturated heterocycles. The molecule has 0 radical (unpaired) electrons. The molecule has 1 aliphatic heterocycles. The maximum atomic E-state index is 6.03. The van der Waals surface area contributed by atoms with Gasteiger partial charge >= 0.3 is 0 Å². The fourth-order valence-electron chi connectivity index (χ4n) is 2.77. The van der Waals surface area contributed by atoms with Gasteiger partial charge in [-0.3, -0.25) is 0 Å². The second-order valence-electron chi connectivity index (χ2n) is 5.09. The Hall–Kier alpha value is -1.09. The lowest BCUT2D eigenvalue weighted by Crippen LogP contribution is -2.46. The zero-order valence-electron chi connectivity index (χ0n) is 10.8. The van der Waals surface area contributed by atoms with E-state index in [0.717, 1.165) is 12.4 Å². The van der Waals surface area contributed by atoms with E-state index in [1.54, 1.807) is 0 Å². The first-order valence-electron chi connectivity index (χ1n) is 6.65. The Bertz CT molecular complexity index is 337. The SMILES string of the molecule is CCC1CC(C(C)N)CCN1c1ccccn1. The lowest BCUT2D eigenvalue weighted by atomic mass is 9.85. The number of nitrogens with zero attached hydrogens (tertiary/aromatic N) is 2. The highest BCUT2D eigenvalue weighted by molar-refractivity contribution is 5.39. The monoisotopic (exact) mass is 233 g/mol. The van der Waals surface area contributed by atoms with Crippen molar-refractivity contribution in [2.24, 2.45) is 11.7 Å². The maximum absolute atomic E-state index is 6.03. The van der Waals surface area contributed by atoms with Crippen molar-refractivity contribution in [1.29, 1.82) is 0 Å². The number of pyridine rings is 1.